The van der Waals surface area contributed by atoms with E-state index in [-0.39, 0.29) is 17.7 Å². The van der Waals surface area contributed by atoms with Gasteiger partial charge in [0.2, 0.25) is 5.91 Å². The molecule has 1 aliphatic heterocycles. The predicted molar refractivity (Wildman–Crippen MR) is 133 cm³/mol. The minimum absolute atomic E-state index is 0.0446. The van der Waals surface area contributed by atoms with Crippen molar-refractivity contribution in [1.82, 2.24) is 0 Å². The minimum Gasteiger partial charge on any atom is -0.497 e. The number of ether oxygens (including phenoxy) is 1. The second kappa shape index (κ2) is 10.1. The van der Waals surface area contributed by atoms with Crippen LogP contribution < -0.4 is 14.5 Å². The van der Waals surface area contributed by atoms with Crippen LogP contribution in [-0.2, 0) is 4.79 Å². The van der Waals surface area contributed by atoms with Crippen LogP contribution in [0.5, 0.6) is 5.75 Å². The smallest absolute Gasteiger partial charge is 0.258 e. The Morgan fingerprint density at radius 2 is 1.73 bits per heavy atom. The lowest BCUT2D eigenvalue weighted by Gasteiger charge is -2.36. The molecule has 1 heterocycles. The van der Waals surface area contributed by atoms with Crippen LogP contribution in [0.4, 0.5) is 11.4 Å². The summed E-state index contributed by atoms with van der Waals surface area (Å²) in [5.41, 5.74) is 3.09. The average Bonchev–Trinajstić information content (AvgIpc) is 2.86. The number of nitrogens with zero attached hydrogens (tertiary/aromatic N) is 2. The van der Waals surface area contributed by atoms with E-state index in [2.05, 4.69) is 6.92 Å². The summed E-state index contributed by atoms with van der Waals surface area (Å²) in [5.74, 6) is 0.347. The molecule has 6 heteroatoms. The molecule has 0 spiro atoms. The first-order valence-corrected chi connectivity index (χ1v) is 11.5. The summed E-state index contributed by atoms with van der Waals surface area (Å²) in [5, 5.41) is 0.637. The van der Waals surface area contributed by atoms with Crippen molar-refractivity contribution < 1.29 is 14.3 Å². The predicted octanol–water partition coefficient (Wildman–Crippen LogP) is 5.93. The molecule has 0 saturated carbocycles. The van der Waals surface area contributed by atoms with Gasteiger partial charge in [-0.1, -0.05) is 36.7 Å². The fraction of sp³-hybridized carbons (Fsp3) is 0.259. The first kappa shape index (κ1) is 22.9. The summed E-state index contributed by atoms with van der Waals surface area (Å²) < 4.78 is 5.20. The lowest BCUT2D eigenvalue weighted by molar-refractivity contribution is -0.120. The highest BCUT2D eigenvalue weighted by Crippen LogP contribution is 2.38. The number of anilines is 2. The van der Waals surface area contributed by atoms with Gasteiger partial charge in [0.1, 0.15) is 5.75 Å². The molecule has 0 unspecified atom stereocenters. The lowest BCUT2D eigenvalue weighted by atomic mass is 9.88. The van der Waals surface area contributed by atoms with Crippen LogP contribution in [0, 0.1) is 0 Å². The van der Waals surface area contributed by atoms with E-state index >= 15 is 0 Å². The molecule has 3 aromatic rings. The van der Waals surface area contributed by atoms with Gasteiger partial charge in [-0.25, -0.2) is 0 Å². The SMILES string of the molecule is CCCN(C(=O)[C@H]1CCN(C(=O)c2ccc(OC)cc2)c2ccccc21)c1ccc(Cl)cc1. The molecule has 0 bridgehead atoms. The third kappa shape index (κ3) is 4.74. The monoisotopic (exact) mass is 462 g/mol. The number of carbonyl (C=O) groups excluding carboxylic acids is 2. The van der Waals surface area contributed by atoms with Gasteiger partial charge in [-0.3, -0.25) is 9.59 Å². The minimum atomic E-state index is -0.316. The number of para-hydroxylation sites is 1. The van der Waals surface area contributed by atoms with Gasteiger partial charge in [0.25, 0.3) is 5.91 Å². The Bertz CT molecular complexity index is 1130. The first-order chi connectivity index (χ1) is 16.0. The van der Waals surface area contributed by atoms with Gasteiger partial charge in [0.05, 0.1) is 13.0 Å². The Hall–Kier alpha value is -3.31. The Morgan fingerprint density at radius 3 is 2.39 bits per heavy atom. The number of rotatable bonds is 6. The topological polar surface area (TPSA) is 49.9 Å². The second-order valence-electron chi connectivity index (χ2n) is 8.05. The lowest BCUT2D eigenvalue weighted by Crippen LogP contribution is -2.42. The average molecular weight is 463 g/mol. The van der Waals surface area contributed by atoms with E-state index in [1.165, 1.54) is 0 Å². The van der Waals surface area contributed by atoms with Gasteiger partial charge >= 0.3 is 0 Å². The third-order valence-electron chi connectivity index (χ3n) is 5.98. The van der Waals surface area contributed by atoms with Crippen molar-refractivity contribution in [3.63, 3.8) is 0 Å². The molecule has 1 atom stereocenters. The zero-order chi connectivity index (χ0) is 23.4. The number of methoxy groups -OCH3 is 1. The molecule has 0 N–H and O–H groups in total. The van der Waals surface area contributed by atoms with Crippen LogP contribution in [-0.4, -0.2) is 32.0 Å². The van der Waals surface area contributed by atoms with Crippen molar-refractivity contribution in [3.8, 4) is 5.75 Å². The van der Waals surface area contributed by atoms with Gasteiger partial charge in [0.15, 0.2) is 0 Å². The number of amides is 2. The van der Waals surface area contributed by atoms with Crippen LogP contribution in [0.25, 0.3) is 0 Å². The van der Waals surface area contributed by atoms with Crippen molar-refractivity contribution in [1.29, 1.82) is 0 Å². The number of carbonyl (C=O) groups is 2. The van der Waals surface area contributed by atoms with E-state index in [0.717, 1.165) is 23.4 Å². The maximum absolute atomic E-state index is 13.7. The highest BCUT2D eigenvalue weighted by Gasteiger charge is 2.35. The van der Waals surface area contributed by atoms with E-state index in [4.69, 9.17) is 16.3 Å². The summed E-state index contributed by atoms with van der Waals surface area (Å²) in [6.07, 6.45) is 1.40. The third-order valence-corrected chi connectivity index (χ3v) is 6.23. The Labute approximate surface area is 199 Å². The van der Waals surface area contributed by atoms with Crippen molar-refractivity contribution in [3.05, 3.63) is 88.9 Å². The molecule has 33 heavy (non-hydrogen) atoms. The molecule has 0 fully saturated rings. The molecule has 0 saturated heterocycles. The van der Waals surface area contributed by atoms with Crippen LogP contribution in [0.1, 0.15) is 41.6 Å². The quantitative estimate of drug-likeness (QED) is 0.456. The fourth-order valence-corrected chi connectivity index (χ4v) is 4.44. The summed E-state index contributed by atoms with van der Waals surface area (Å²) in [6, 6.07) is 22.2. The molecule has 5 nitrogen and oxygen atoms in total. The highest BCUT2D eigenvalue weighted by atomic mass is 35.5. The van der Waals surface area contributed by atoms with Crippen LogP contribution in [0.15, 0.2) is 72.8 Å². The van der Waals surface area contributed by atoms with Gasteiger partial charge < -0.3 is 14.5 Å². The zero-order valence-electron chi connectivity index (χ0n) is 18.8. The molecule has 2 amide bonds. The molecule has 0 aromatic heterocycles. The molecule has 0 radical (unpaired) electrons. The summed E-state index contributed by atoms with van der Waals surface area (Å²) in [6.45, 7) is 3.15. The maximum Gasteiger partial charge on any atom is 0.258 e. The van der Waals surface area contributed by atoms with Crippen LogP contribution in [0.3, 0.4) is 0 Å². The van der Waals surface area contributed by atoms with E-state index in [1.807, 2.05) is 41.3 Å². The number of hydrogen-bond donors (Lipinski definition) is 0. The van der Waals surface area contributed by atoms with E-state index < -0.39 is 0 Å². The number of benzene rings is 3. The van der Waals surface area contributed by atoms with E-state index in [1.54, 1.807) is 48.4 Å². The highest BCUT2D eigenvalue weighted by molar-refractivity contribution is 6.30. The van der Waals surface area contributed by atoms with Crippen molar-refractivity contribution >= 4 is 34.8 Å². The number of halogens is 1. The number of fused-ring (bicyclic) bond motifs is 1. The van der Waals surface area contributed by atoms with E-state index in [9.17, 15) is 9.59 Å². The molecule has 1 aliphatic rings. The van der Waals surface area contributed by atoms with Gasteiger partial charge in [0, 0.05) is 35.1 Å². The molecule has 0 aliphatic carbocycles. The summed E-state index contributed by atoms with van der Waals surface area (Å²) in [7, 11) is 1.60. The molecule has 4 rings (SSSR count). The van der Waals surface area contributed by atoms with Crippen LogP contribution >= 0.6 is 11.6 Å². The maximum atomic E-state index is 13.7. The Kier molecular flexibility index (Phi) is 6.99. The van der Waals surface area contributed by atoms with Crippen LogP contribution in [0.2, 0.25) is 5.02 Å². The molecule has 170 valence electrons. The Morgan fingerprint density at radius 1 is 1.03 bits per heavy atom. The Balaban J connectivity index is 1.64. The standard InChI is InChI=1S/C27H27ClN2O3/c1-3-17-29(21-12-10-20(28)11-13-21)27(32)24-16-18-30(25-7-5-4-6-23(24)25)26(31)19-8-14-22(33-2)15-9-19/h4-15,24H,3,16-18H2,1-2H3/t24-/m0/s1. The summed E-state index contributed by atoms with van der Waals surface area (Å²) >= 11 is 6.05. The van der Waals surface area contributed by atoms with E-state index in [0.29, 0.717) is 35.8 Å². The van der Waals surface area contributed by atoms with Gasteiger partial charge in [-0.2, -0.15) is 0 Å². The van der Waals surface area contributed by atoms with Crippen molar-refractivity contribution in [2.75, 3.05) is 30.0 Å². The van der Waals surface area contributed by atoms with Gasteiger partial charge in [-0.15, -0.1) is 0 Å². The van der Waals surface area contributed by atoms with Crippen molar-refractivity contribution in [2.45, 2.75) is 25.7 Å². The zero-order valence-corrected chi connectivity index (χ0v) is 19.6. The summed E-state index contributed by atoms with van der Waals surface area (Å²) in [4.78, 5) is 30.6. The first-order valence-electron chi connectivity index (χ1n) is 11.1. The number of hydrogen-bond acceptors (Lipinski definition) is 3. The fourth-order valence-electron chi connectivity index (χ4n) is 4.32. The second-order valence-corrected chi connectivity index (χ2v) is 8.49. The normalized spacial score (nSPS) is 15.0. The van der Waals surface area contributed by atoms with Crippen molar-refractivity contribution in [2.24, 2.45) is 0 Å². The van der Waals surface area contributed by atoms with Gasteiger partial charge in [-0.05, 0) is 73.0 Å². The molecular formula is C27H27ClN2O3. The largest absolute Gasteiger partial charge is 0.497 e. The molecule has 3 aromatic carbocycles. The molecular weight excluding hydrogens is 436 g/mol.